The molecule has 2 aromatic rings. The Bertz CT molecular complexity index is 893. The van der Waals surface area contributed by atoms with Gasteiger partial charge in [-0.15, -0.1) is 9.24 Å². The van der Waals surface area contributed by atoms with Crippen molar-refractivity contribution in [3.8, 4) is 6.07 Å². The monoisotopic (exact) mass is 429 g/mol. The van der Waals surface area contributed by atoms with Crippen molar-refractivity contribution in [2.24, 2.45) is 0 Å². The molecule has 0 amide bonds. The number of hydrogen-bond acceptors (Lipinski definition) is 5. The predicted octanol–water partition coefficient (Wildman–Crippen LogP) is 4.22. The van der Waals surface area contributed by atoms with Crippen LogP contribution in [0.3, 0.4) is 0 Å². The third-order valence-electron chi connectivity index (χ3n) is 3.52. The summed E-state index contributed by atoms with van der Waals surface area (Å²) in [6, 6.07) is 5.32. The minimum atomic E-state index is -3.77. The molecule has 0 spiro atoms. The van der Waals surface area contributed by atoms with Crippen LogP contribution in [0.2, 0.25) is 5.02 Å². The number of halogens is 1. The Morgan fingerprint density at radius 2 is 2.07 bits per heavy atom. The first-order chi connectivity index (χ1) is 12.9. The van der Waals surface area contributed by atoms with Gasteiger partial charge in [0.2, 0.25) is 0 Å². The maximum atomic E-state index is 12.6. The van der Waals surface area contributed by atoms with Crippen LogP contribution in [0.4, 0.5) is 11.4 Å². The maximum Gasteiger partial charge on any atom is 0.265 e. The normalized spacial score (nSPS) is 10.5. The SMILES string of the molecule is CC.Cc1c(Cl)ccc(NS(=O)(=O)c2cnn(CP)c2)c1NCCCC#N. The van der Waals surface area contributed by atoms with Crippen molar-refractivity contribution in [3.05, 3.63) is 35.1 Å². The molecular weight excluding hydrogens is 405 g/mol. The quantitative estimate of drug-likeness (QED) is 0.483. The van der Waals surface area contributed by atoms with Gasteiger partial charge in [-0.25, -0.2) is 8.42 Å². The molecule has 0 saturated carbocycles. The molecule has 7 nitrogen and oxygen atoms in total. The molecule has 148 valence electrons. The molecular formula is C17H25ClN5O2PS. The van der Waals surface area contributed by atoms with Crippen molar-refractivity contribution < 1.29 is 8.42 Å². The smallest absolute Gasteiger partial charge is 0.265 e. The summed E-state index contributed by atoms with van der Waals surface area (Å²) in [7, 11) is -1.30. The van der Waals surface area contributed by atoms with E-state index in [2.05, 4.69) is 30.4 Å². The Hall–Kier alpha value is -1.81. The van der Waals surface area contributed by atoms with E-state index in [4.69, 9.17) is 16.9 Å². The zero-order valence-electron chi connectivity index (χ0n) is 15.7. The Kier molecular flexibility index (Phi) is 9.57. The van der Waals surface area contributed by atoms with E-state index in [1.807, 2.05) is 13.8 Å². The van der Waals surface area contributed by atoms with E-state index >= 15 is 0 Å². The highest BCUT2D eigenvalue weighted by molar-refractivity contribution is 7.92. The van der Waals surface area contributed by atoms with Crippen LogP contribution in [0.1, 0.15) is 32.3 Å². The zero-order valence-corrected chi connectivity index (χ0v) is 18.4. The van der Waals surface area contributed by atoms with Gasteiger partial charge in [-0.3, -0.25) is 9.40 Å². The molecule has 1 aromatic heterocycles. The second-order valence-corrected chi connectivity index (χ2v) is 7.74. The first kappa shape index (κ1) is 23.2. The second kappa shape index (κ2) is 11.1. The van der Waals surface area contributed by atoms with E-state index < -0.39 is 10.0 Å². The van der Waals surface area contributed by atoms with Gasteiger partial charge in [0.1, 0.15) is 4.90 Å². The summed E-state index contributed by atoms with van der Waals surface area (Å²) in [4.78, 5) is 0.0815. The molecule has 0 aliphatic carbocycles. The van der Waals surface area contributed by atoms with E-state index in [0.29, 0.717) is 42.1 Å². The summed E-state index contributed by atoms with van der Waals surface area (Å²) >= 11 is 6.15. The van der Waals surface area contributed by atoms with Gasteiger partial charge in [0.15, 0.2) is 0 Å². The number of rotatable bonds is 8. The first-order valence-corrected chi connectivity index (χ1v) is 11.2. The van der Waals surface area contributed by atoms with Crippen LogP contribution in [0.25, 0.3) is 0 Å². The van der Waals surface area contributed by atoms with Crippen molar-refractivity contribution in [1.29, 1.82) is 5.26 Å². The molecule has 0 bridgehead atoms. The number of nitrogens with zero attached hydrogens (tertiary/aromatic N) is 3. The van der Waals surface area contributed by atoms with Gasteiger partial charge in [-0.2, -0.15) is 10.4 Å². The number of nitriles is 1. The fourth-order valence-corrected chi connectivity index (χ4v) is 3.55. The van der Waals surface area contributed by atoms with Gasteiger partial charge in [-0.1, -0.05) is 25.4 Å². The molecule has 2 rings (SSSR count). The Balaban J connectivity index is 0.00000176. The average molecular weight is 430 g/mol. The molecule has 0 fully saturated rings. The fraction of sp³-hybridized carbons (Fsp3) is 0.412. The van der Waals surface area contributed by atoms with Gasteiger partial charge in [0.05, 0.1) is 29.9 Å². The van der Waals surface area contributed by atoms with E-state index in [9.17, 15) is 8.42 Å². The number of hydrogen-bond donors (Lipinski definition) is 2. The van der Waals surface area contributed by atoms with Gasteiger partial charge < -0.3 is 5.32 Å². The standard InChI is InChI=1S/C15H19ClN5O2PS.C2H6/c1-11-13(16)4-5-14(15(11)18-7-3-2-6-17)20-25(22,23)12-8-19-21(9-12)10-24;1-2/h4-5,8-9,18,20H,2-3,7,10,24H2,1H3;1-2H3. The van der Waals surface area contributed by atoms with Gasteiger partial charge in [0.25, 0.3) is 10.0 Å². The Labute approximate surface area is 168 Å². The molecule has 0 aliphatic rings. The number of sulfonamides is 1. The van der Waals surface area contributed by atoms with Crippen LogP contribution >= 0.6 is 20.8 Å². The van der Waals surface area contributed by atoms with Gasteiger partial charge in [-0.05, 0) is 31.0 Å². The van der Waals surface area contributed by atoms with Crippen LogP contribution in [-0.4, -0.2) is 24.7 Å². The number of benzene rings is 1. The number of aromatic nitrogens is 2. The highest BCUT2D eigenvalue weighted by Gasteiger charge is 2.19. The summed E-state index contributed by atoms with van der Waals surface area (Å²) in [5, 5.41) is 16.3. The number of unbranched alkanes of at least 4 members (excludes halogenated alkanes) is 1. The molecule has 1 unspecified atom stereocenters. The highest BCUT2D eigenvalue weighted by atomic mass is 35.5. The molecule has 1 heterocycles. The number of nitrogens with one attached hydrogen (secondary N) is 2. The average Bonchev–Trinajstić information content (AvgIpc) is 3.15. The third kappa shape index (κ3) is 6.39. The molecule has 0 aliphatic heterocycles. The van der Waals surface area contributed by atoms with Crippen LogP contribution in [0.15, 0.2) is 29.4 Å². The highest BCUT2D eigenvalue weighted by Crippen LogP contribution is 2.33. The molecule has 0 radical (unpaired) electrons. The van der Waals surface area contributed by atoms with E-state index in [1.165, 1.54) is 17.1 Å². The largest absolute Gasteiger partial charge is 0.383 e. The minimum Gasteiger partial charge on any atom is -0.383 e. The van der Waals surface area contributed by atoms with Crippen LogP contribution in [0, 0.1) is 18.3 Å². The molecule has 10 heteroatoms. The zero-order chi connectivity index (χ0) is 20.4. The lowest BCUT2D eigenvalue weighted by atomic mass is 10.1. The van der Waals surface area contributed by atoms with Crippen molar-refractivity contribution in [2.45, 2.75) is 44.8 Å². The summed E-state index contributed by atoms with van der Waals surface area (Å²) in [6.07, 6.45) is 4.33. The summed E-state index contributed by atoms with van der Waals surface area (Å²) in [5.41, 5.74) is 1.74. The van der Waals surface area contributed by atoms with Crippen LogP contribution < -0.4 is 10.0 Å². The van der Waals surface area contributed by atoms with Crippen molar-refractivity contribution in [3.63, 3.8) is 0 Å². The van der Waals surface area contributed by atoms with E-state index in [-0.39, 0.29) is 4.90 Å². The summed E-state index contributed by atoms with van der Waals surface area (Å²) in [6.45, 7) is 6.34. The molecule has 1 atom stereocenters. The second-order valence-electron chi connectivity index (χ2n) is 5.29. The lowest BCUT2D eigenvalue weighted by Gasteiger charge is -2.17. The fourth-order valence-electron chi connectivity index (χ4n) is 2.17. The van der Waals surface area contributed by atoms with Crippen LogP contribution in [0.5, 0.6) is 0 Å². The van der Waals surface area contributed by atoms with Gasteiger partial charge >= 0.3 is 0 Å². The summed E-state index contributed by atoms with van der Waals surface area (Å²) < 4.78 is 29.2. The van der Waals surface area contributed by atoms with E-state index in [1.54, 1.807) is 19.1 Å². The topological polar surface area (TPSA) is 99.8 Å². The Morgan fingerprint density at radius 3 is 2.67 bits per heavy atom. The Morgan fingerprint density at radius 1 is 1.37 bits per heavy atom. The third-order valence-corrected chi connectivity index (χ3v) is 5.62. The van der Waals surface area contributed by atoms with Crippen LogP contribution in [-0.2, 0) is 16.3 Å². The molecule has 27 heavy (non-hydrogen) atoms. The van der Waals surface area contributed by atoms with Gasteiger partial charge in [0, 0.05) is 24.2 Å². The molecule has 1 aromatic carbocycles. The maximum absolute atomic E-state index is 12.6. The predicted molar refractivity (Wildman–Crippen MR) is 114 cm³/mol. The molecule has 0 saturated heterocycles. The van der Waals surface area contributed by atoms with E-state index in [0.717, 1.165) is 5.56 Å². The van der Waals surface area contributed by atoms with Crippen molar-refractivity contribution in [2.75, 3.05) is 16.6 Å². The summed E-state index contributed by atoms with van der Waals surface area (Å²) in [5.74, 6) is 0. The van der Waals surface area contributed by atoms with Crippen molar-refractivity contribution in [1.82, 2.24) is 9.78 Å². The first-order valence-electron chi connectivity index (χ1n) is 8.54. The lowest BCUT2D eigenvalue weighted by molar-refractivity contribution is 0.601. The lowest BCUT2D eigenvalue weighted by Crippen LogP contribution is -2.15. The molecule has 2 N–H and O–H groups in total. The number of anilines is 2. The minimum absolute atomic E-state index is 0.0815. The van der Waals surface area contributed by atoms with Crippen molar-refractivity contribution >= 4 is 42.2 Å².